The molecule has 36 heavy (non-hydrogen) atoms. The number of alkyl halides is 3. The molecule has 12 heteroatoms. The summed E-state index contributed by atoms with van der Waals surface area (Å²) in [5.41, 5.74) is -0.0328. The number of anilines is 3. The first-order chi connectivity index (χ1) is 17.2. The smallest absolute Gasteiger partial charge is 0.416 e. The fourth-order valence-corrected chi connectivity index (χ4v) is 3.73. The van der Waals surface area contributed by atoms with E-state index < -0.39 is 11.7 Å². The van der Waals surface area contributed by atoms with Gasteiger partial charge in [-0.1, -0.05) is 18.2 Å². The molecular weight excluding hydrogens is 480 g/mol. The molecule has 190 valence electrons. The van der Waals surface area contributed by atoms with Crippen LogP contribution in [0.1, 0.15) is 18.1 Å². The van der Waals surface area contributed by atoms with Gasteiger partial charge in [-0.25, -0.2) is 4.39 Å². The van der Waals surface area contributed by atoms with Gasteiger partial charge in [0.2, 0.25) is 17.8 Å². The van der Waals surface area contributed by atoms with Crippen LogP contribution >= 0.6 is 0 Å². The monoisotopic (exact) mass is 504 g/mol. The number of piperazine rings is 1. The first kappa shape index (κ1) is 25.1. The van der Waals surface area contributed by atoms with Crippen LogP contribution in [0.3, 0.4) is 0 Å². The largest absolute Gasteiger partial charge is 0.464 e. The highest BCUT2D eigenvalue weighted by molar-refractivity contribution is 5.79. The number of rotatable bonds is 7. The lowest BCUT2D eigenvalue weighted by Gasteiger charge is -2.34. The molecule has 0 aliphatic carbocycles. The Morgan fingerprint density at radius 2 is 1.78 bits per heavy atom. The maximum atomic E-state index is 13.4. The summed E-state index contributed by atoms with van der Waals surface area (Å²) in [5, 5.41) is 2.79. The molecule has 1 aromatic heterocycles. The predicted octanol–water partition coefficient (Wildman–Crippen LogP) is 4.06. The number of halogens is 4. The normalized spacial score (nSPS) is 14.0. The molecular formula is C24H24F4N6O2. The molecule has 0 bridgehead atoms. The number of hydrogen-bond acceptors (Lipinski definition) is 7. The minimum atomic E-state index is -4.48. The first-order valence-corrected chi connectivity index (χ1v) is 11.3. The summed E-state index contributed by atoms with van der Waals surface area (Å²) in [7, 11) is 0. The van der Waals surface area contributed by atoms with Gasteiger partial charge in [0, 0.05) is 31.9 Å². The number of benzene rings is 2. The van der Waals surface area contributed by atoms with Crippen molar-refractivity contribution in [2.45, 2.75) is 19.5 Å². The van der Waals surface area contributed by atoms with Gasteiger partial charge in [0.15, 0.2) is 0 Å². The molecule has 1 aliphatic heterocycles. The number of ether oxygens (including phenoxy) is 1. The van der Waals surface area contributed by atoms with Crippen LogP contribution in [0.25, 0.3) is 0 Å². The van der Waals surface area contributed by atoms with Crippen LogP contribution in [-0.4, -0.2) is 58.5 Å². The second kappa shape index (κ2) is 10.8. The predicted molar refractivity (Wildman–Crippen MR) is 125 cm³/mol. The zero-order valence-electron chi connectivity index (χ0n) is 19.4. The van der Waals surface area contributed by atoms with E-state index in [-0.39, 0.29) is 48.3 Å². The van der Waals surface area contributed by atoms with E-state index in [2.05, 4.69) is 20.3 Å². The standard InChI is InChI=1S/C24H24F4N6O2/c1-2-36-23-31-21(29-19-8-4-6-17(15-19)24(26,27)28)30-22(32-23)34-11-9-33(10-12-34)20(35)14-16-5-3-7-18(25)13-16/h3-8,13,15H,2,9-12,14H2,1H3,(H,29,30,31,32). The van der Waals surface area contributed by atoms with E-state index in [9.17, 15) is 22.4 Å². The number of carbonyl (C=O) groups is 1. The quantitative estimate of drug-likeness (QED) is 0.486. The van der Waals surface area contributed by atoms with Crippen LogP contribution in [0, 0.1) is 5.82 Å². The zero-order chi connectivity index (χ0) is 25.7. The van der Waals surface area contributed by atoms with Gasteiger partial charge in [0.1, 0.15) is 5.82 Å². The van der Waals surface area contributed by atoms with Crippen LogP contribution in [0.4, 0.5) is 35.1 Å². The highest BCUT2D eigenvalue weighted by Crippen LogP contribution is 2.31. The van der Waals surface area contributed by atoms with E-state index in [1.54, 1.807) is 24.0 Å². The van der Waals surface area contributed by atoms with E-state index in [4.69, 9.17) is 4.74 Å². The van der Waals surface area contributed by atoms with Gasteiger partial charge in [0.05, 0.1) is 18.6 Å². The average molecular weight is 504 g/mol. The summed E-state index contributed by atoms with van der Waals surface area (Å²) < 4.78 is 58.0. The van der Waals surface area contributed by atoms with Crippen molar-refractivity contribution < 1.29 is 27.1 Å². The van der Waals surface area contributed by atoms with Crippen molar-refractivity contribution in [3.8, 4) is 6.01 Å². The van der Waals surface area contributed by atoms with Gasteiger partial charge in [-0.15, -0.1) is 0 Å². The third-order valence-corrected chi connectivity index (χ3v) is 5.48. The average Bonchev–Trinajstić information content (AvgIpc) is 2.84. The van der Waals surface area contributed by atoms with E-state index in [1.807, 2.05) is 4.90 Å². The molecule has 1 aliphatic rings. The lowest BCUT2D eigenvalue weighted by Crippen LogP contribution is -2.49. The van der Waals surface area contributed by atoms with Gasteiger partial charge < -0.3 is 19.9 Å². The van der Waals surface area contributed by atoms with Gasteiger partial charge in [-0.2, -0.15) is 28.1 Å². The lowest BCUT2D eigenvalue weighted by molar-refractivity contribution is -0.137. The Morgan fingerprint density at radius 3 is 2.47 bits per heavy atom. The summed E-state index contributed by atoms with van der Waals surface area (Å²) in [4.78, 5) is 29.0. The molecule has 1 fully saturated rings. The van der Waals surface area contributed by atoms with Gasteiger partial charge >= 0.3 is 12.2 Å². The molecule has 1 amide bonds. The molecule has 0 saturated carbocycles. The van der Waals surface area contributed by atoms with Crippen LogP contribution in [0.2, 0.25) is 0 Å². The Hall–Kier alpha value is -3.96. The molecule has 2 aromatic carbocycles. The fraction of sp³-hybridized carbons (Fsp3) is 0.333. The topological polar surface area (TPSA) is 83.5 Å². The van der Waals surface area contributed by atoms with E-state index >= 15 is 0 Å². The third kappa shape index (κ3) is 6.37. The number of carbonyl (C=O) groups excluding carboxylic acids is 1. The maximum Gasteiger partial charge on any atom is 0.416 e. The molecule has 0 spiro atoms. The molecule has 0 atom stereocenters. The second-order valence-corrected chi connectivity index (χ2v) is 8.05. The van der Waals surface area contributed by atoms with Crippen molar-refractivity contribution in [1.82, 2.24) is 19.9 Å². The summed E-state index contributed by atoms with van der Waals surface area (Å²) in [6.07, 6.45) is -4.38. The molecule has 2 heterocycles. The molecule has 4 rings (SSSR count). The van der Waals surface area contributed by atoms with Gasteiger partial charge in [-0.3, -0.25) is 4.79 Å². The third-order valence-electron chi connectivity index (χ3n) is 5.48. The number of nitrogens with zero attached hydrogens (tertiary/aromatic N) is 5. The Balaban J connectivity index is 1.45. The molecule has 8 nitrogen and oxygen atoms in total. The second-order valence-electron chi connectivity index (χ2n) is 8.05. The zero-order valence-corrected chi connectivity index (χ0v) is 19.4. The number of amides is 1. The van der Waals surface area contributed by atoms with Crippen LogP contribution in [-0.2, 0) is 17.4 Å². The Bertz CT molecular complexity index is 1220. The highest BCUT2D eigenvalue weighted by atomic mass is 19.4. The molecule has 3 aromatic rings. The van der Waals surface area contributed by atoms with Crippen molar-refractivity contribution in [3.05, 3.63) is 65.5 Å². The summed E-state index contributed by atoms with van der Waals surface area (Å²) in [6.45, 7) is 3.70. The molecule has 1 N–H and O–H groups in total. The van der Waals surface area contributed by atoms with E-state index in [0.717, 1.165) is 12.1 Å². The van der Waals surface area contributed by atoms with Crippen molar-refractivity contribution >= 4 is 23.5 Å². The summed E-state index contributed by atoms with van der Waals surface area (Å²) in [6, 6.07) is 10.7. The van der Waals surface area contributed by atoms with Gasteiger partial charge in [0.25, 0.3) is 0 Å². The number of aromatic nitrogens is 3. The Morgan fingerprint density at radius 1 is 1.03 bits per heavy atom. The molecule has 0 unspecified atom stereocenters. The van der Waals surface area contributed by atoms with Gasteiger partial charge in [-0.05, 0) is 42.8 Å². The van der Waals surface area contributed by atoms with E-state index in [1.165, 1.54) is 24.3 Å². The first-order valence-electron chi connectivity index (χ1n) is 11.3. The Labute approximate surface area is 204 Å². The number of nitrogens with one attached hydrogen (secondary N) is 1. The summed E-state index contributed by atoms with van der Waals surface area (Å²) in [5.74, 6) is -0.190. The number of hydrogen-bond donors (Lipinski definition) is 1. The SMILES string of the molecule is CCOc1nc(Nc2cccc(C(F)(F)F)c2)nc(N2CCN(C(=O)Cc3cccc(F)c3)CC2)n1. The van der Waals surface area contributed by atoms with E-state index in [0.29, 0.717) is 31.7 Å². The van der Waals surface area contributed by atoms with Crippen molar-refractivity contribution in [1.29, 1.82) is 0 Å². The van der Waals surface area contributed by atoms with Crippen molar-refractivity contribution in [2.75, 3.05) is 43.0 Å². The minimum Gasteiger partial charge on any atom is -0.464 e. The van der Waals surface area contributed by atoms with Crippen molar-refractivity contribution in [3.63, 3.8) is 0 Å². The van der Waals surface area contributed by atoms with Crippen LogP contribution in [0.15, 0.2) is 48.5 Å². The Kier molecular flexibility index (Phi) is 7.51. The summed E-state index contributed by atoms with van der Waals surface area (Å²) >= 11 is 0. The molecule has 0 radical (unpaired) electrons. The van der Waals surface area contributed by atoms with Crippen molar-refractivity contribution in [2.24, 2.45) is 0 Å². The molecule has 1 saturated heterocycles. The fourth-order valence-electron chi connectivity index (χ4n) is 3.73. The highest BCUT2D eigenvalue weighted by Gasteiger charge is 2.30. The minimum absolute atomic E-state index is 0.0292. The maximum absolute atomic E-state index is 13.4. The van der Waals surface area contributed by atoms with Crippen LogP contribution < -0.4 is 15.0 Å². The van der Waals surface area contributed by atoms with Crippen LogP contribution in [0.5, 0.6) is 6.01 Å². The lowest BCUT2D eigenvalue weighted by atomic mass is 10.1.